The molecule has 2 rings (SSSR count). The number of rotatable bonds is 2. The molecule has 0 aromatic heterocycles. The fourth-order valence-corrected chi connectivity index (χ4v) is 2.25. The zero-order valence-electron chi connectivity index (χ0n) is 9.61. The van der Waals surface area contributed by atoms with Gasteiger partial charge >= 0.3 is 0 Å². The first-order chi connectivity index (χ1) is 7.66. The second-order valence-electron chi connectivity index (χ2n) is 4.51. The van der Waals surface area contributed by atoms with E-state index in [2.05, 4.69) is 36.5 Å². The molecule has 2 atom stereocenters. The van der Waals surface area contributed by atoms with Gasteiger partial charge in [-0.25, -0.2) is 5.32 Å². The Bertz CT molecular complexity index is 387. The molecular formula is C13H18N3. The van der Waals surface area contributed by atoms with E-state index in [0.717, 1.165) is 19.4 Å². The van der Waals surface area contributed by atoms with Crippen molar-refractivity contribution in [2.24, 2.45) is 11.7 Å². The summed E-state index contributed by atoms with van der Waals surface area (Å²) >= 11 is 0. The maximum atomic E-state index is 7.52. The largest absolute Gasteiger partial charge is 0.387 e. The predicted molar refractivity (Wildman–Crippen MR) is 65.6 cm³/mol. The lowest BCUT2D eigenvalue weighted by molar-refractivity contribution is 0.356. The van der Waals surface area contributed by atoms with E-state index >= 15 is 0 Å². The Morgan fingerprint density at radius 2 is 2.31 bits per heavy atom. The summed E-state index contributed by atoms with van der Waals surface area (Å²) in [5.74, 6) is 0.524. The summed E-state index contributed by atoms with van der Waals surface area (Å²) in [5.41, 5.74) is 8.10. The van der Waals surface area contributed by atoms with Crippen molar-refractivity contribution < 1.29 is 0 Å². The van der Waals surface area contributed by atoms with Crippen LogP contribution in [-0.2, 0) is 0 Å². The van der Waals surface area contributed by atoms with E-state index in [-0.39, 0.29) is 12.0 Å². The molecule has 1 heterocycles. The van der Waals surface area contributed by atoms with Gasteiger partial charge in [0.25, 0.3) is 0 Å². The number of nitrogens with zero attached hydrogens (tertiary/aromatic N) is 1. The van der Waals surface area contributed by atoms with Crippen LogP contribution in [0.1, 0.15) is 30.0 Å². The molecule has 1 aromatic carbocycles. The summed E-state index contributed by atoms with van der Waals surface area (Å²) < 4.78 is 0. The molecular weight excluding hydrogens is 198 g/mol. The van der Waals surface area contributed by atoms with Crippen LogP contribution in [0.2, 0.25) is 0 Å². The third kappa shape index (κ3) is 2.42. The Morgan fingerprint density at radius 1 is 1.50 bits per heavy atom. The van der Waals surface area contributed by atoms with Gasteiger partial charge in [0, 0.05) is 12.5 Å². The molecule has 3 heteroatoms. The predicted octanol–water partition coefficient (Wildman–Crippen LogP) is 1.99. The van der Waals surface area contributed by atoms with Gasteiger partial charge in [0.2, 0.25) is 0 Å². The van der Waals surface area contributed by atoms with Gasteiger partial charge in [-0.2, -0.15) is 0 Å². The number of nitrogens with two attached hydrogens (primary N) is 1. The molecule has 2 unspecified atom stereocenters. The number of hydrogen-bond donors (Lipinski definition) is 2. The highest BCUT2D eigenvalue weighted by Gasteiger charge is 2.25. The van der Waals surface area contributed by atoms with E-state index in [1.54, 1.807) is 0 Å². The highest BCUT2D eigenvalue weighted by molar-refractivity contribution is 5.79. The first kappa shape index (κ1) is 11.1. The van der Waals surface area contributed by atoms with Crippen LogP contribution in [0.4, 0.5) is 0 Å². The lowest BCUT2D eigenvalue weighted by atomic mass is 9.88. The molecule has 0 aliphatic carbocycles. The van der Waals surface area contributed by atoms with Gasteiger partial charge in [0.05, 0.1) is 11.9 Å². The van der Waals surface area contributed by atoms with Crippen molar-refractivity contribution in [1.29, 1.82) is 5.41 Å². The third-order valence-electron chi connectivity index (χ3n) is 3.20. The SMILES string of the molecule is Cc1cccc(C2CC(C(=N)N)CC[N]2)c1. The van der Waals surface area contributed by atoms with Crippen LogP contribution < -0.4 is 11.1 Å². The summed E-state index contributed by atoms with van der Waals surface area (Å²) in [6.07, 6.45) is 1.82. The number of nitrogens with one attached hydrogen (secondary N) is 1. The molecule has 1 fully saturated rings. The average molecular weight is 216 g/mol. The van der Waals surface area contributed by atoms with Gasteiger partial charge < -0.3 is 5.73 Å². The van der Waals surface area contributed by atoms with Crippen LogP contribution in [0.25, 0.3) is 0 Å². The van der Waals surface area contributed by atoms with E-state index in [1.807, 2.05) is 0 Å². The van der Waals surface area contributed by atoms with Crippen molar-refractivity contribution >= 4 is 5.84 Å². The minimum Gasteiger partial charge on any atom is -0.387 e. The van der Waals surface area contributed by atoms with Crippen LogP contribution in [0.3, 0.4) is 0 Å². The molecule has 85 valence electrons. The van der Waals surface area contributed by atoms with Crippen LogP contribution in [0, 0.1) is 18.3 Å². The van der Waals surface area contributed by atoms with E-state index < -0.39 is 0 Å². The second-order valence-corrected chi connectivity index (χ2v) is 4.51. The maximum Gasteiger partial charge on any atom is 0.0938 e. The standard InChI is InChI=1S/C13H18N3/c1-9-3-2-4-10(7-9)12-8-11(13(14)15)5-6-16-12/h2-4,7,11-12H,5-6,8H2,1H3,(H3,14,15). The topological polar surface area (TPSA) is 64.0 Å². The summed E-state index contributed by atoms with van der Waals surface area (Å²) in [6.45, 7) is 2.91. The van der Waals surface area contributed by atoms with Gasteiger partial charge in [0.1, 0.15) is 0 Å². The van der Waals surface area contributed by atoms with E-state index in [1.165, 1.54) is 11.1 Å². The van der Waals surface area contributed by atoms with Crippen LogP contribution in [0.5, 0.6) is 0 Å². The highest BCUT2D eigenvalue weighted by atomic mass is 14.9. The lowest BCUT2D eigenvalue weighted by Gasteiger charge is -2.28. The fraction of sp³-hybridized carbons (Fsp3) is 0.462. The quantitative estimate of drug-likeness (QED) is 0.576. The smallest absolute Gasteiger partial charge is 0.0938 e. The molecule has 1 radical (unpaired) electrons. The molecule has 1 aromatic rings. The minimum atomic E-state index is 0.211. The van der Waals surface area contributed by atoms with Gasteiger partial charge in [-0.15, -0.1) is 0 Å². The van der Waals surface area contributed by atoms with E-state index in [0.29, 0.717) is 5.84 Å². The van der Waals surface area contributed by atoms with Gasteiger partial charge in [-0.1, -0.05) is 29.8 Å². The van der Waals surface area contributed by atoms with Crippen LogP contribution in [-0.4, -0.2) is 12.4 Å². The maximum absolute atomic E-state index is 7.52. The first-order valence-electron chi connectivity index (χ1n) is 5.74. The van der Waals surface area contributed by atoms with Crippen molar-refractivity contribution in [3.05, 3.63) is 35.4 Å². The zero-order chi connectivity index (χ0) is 11.5. The molecule has 0 bridgehead atoms. The van der Waals surface area contributed by atoms with Crippen molar-refractivity contribution in [3.8, 4) is 0 Å². The molecule has 3 nitrogen and oxygen atoms in total. The van der Waals surface area contributed by atoms with Gasteiger partial charge in [0.15, 0.2) is 0 Å². The normalized spacial score (nSPS) is 25.3. The third-order valence-corrected chi connectivity index (χ3v) is 3.20. The van der Waals surface area contributed by atoms with E-state index in [9.17, 15) is 0 Å². The molecule has 1 saturated heterocycles. The summed E-state index contributed by atoms with van der Waals surface area (Å²) in [7, 11) is 0. The number of piperidine rings is 1. The highest BCUT2D eigenvalue weighted by Crippen LogP contribution is 2.28. The van der Waals surface area contributed by atoms with Gasteiger partial charge in [-0.05, 0) is 25.3 Å². The number of benzene rings is 1. The Labute approximate surface area is 96.6 Å². The van der Waals surface area contributed by atoms with E-state index in [4.69, 9.17) is 11.1 Å². The zero-order valence-corrected chi connectivity index (χ0v) is 9.61. The number of amidine groups is 1. The van der Waals surface area contributed by atoms with Crippen molar-refractivity contribution in [1.82, 2.24) is 5.32 Å². The minimum absolute atomic E-state index is 0.211. The molecule has 0 amide bonds. The summed E-state index contributed by atoms with van der Waals surface area (Å²) in [5, 5.41) is 12.1. The fourth-order valence-electron chi connectivity index (χ4n) is 2.25. The van der Waals surface area contributed by atoms with Crippen LogP contribution >= 0.6 is 0 Å². The van der Waals surface area contributed by atoms with Crippen molar-refractivity contribution in [3.63, 3.8) is 0 Å². The Kier molecular flexibility index (Phi) is 3.25. The molecule has 0 spiro atoms. The molecule has 3 N–H and O–H groups in total. The molecule has 1 aliphatic rings. The lowest BCUT2D eigenvalue weighted by Crippen LogP contribution is -2.33. The molecule has 1 aliphatic heterocycles. The molecule has 0 saturated carbocycles. The van der Waals surface area contributed by atoms with Crippen molar-refractivity contribution in [2.45, 2.75) is 25.8 Å². The van der Waals surface area contributed by atoms with Crippen LogP contribution in [0.15, 0.2) is 24.3 Å². The Hall–Kier alpha value is -1.35. The monoisotopic (exact) mass is 216 g/mol. The second kappa shape index (κ2) is 4.66. The Morgan fingerprint density at radius 3 is 3.00 bits per heavy atom. The number of aryl methyl sites for hydroxylation is 1. The molecule has 16 heavy (non-hydrogen) atoms. The number of hydrogen-bond acceptors (Lipinski definition) is 1. The van der Waals surface area contributed by atoms with Crippen molar-refractivity contribution in [2.75, 3.05) is 6.54 Å². The summed E-state index contributed by atoms with van der Waals surface area (Å²) in [6, 6.07) is 8.68. The van der Waals surface area contributed by atoms with Gasteiger partial charge in [-0.3, -0.25) is 5.41 Å². The first-order valence-corrected chi connectivity index (χ1v) is 5.74. The summed E-state index contributed by atoms with van der Waals surface area (Å²) in [4.78, 5) is 0. The Balaban J connectivity index is 2.12. The average Bonchev–Trinajstić information content (AvgIpc) is 2.29.